The number of thiol groups is 1. The lowest BCUT2D eigenvalue weighted by Gasteiger charge is -1.83. The minimum absolute atomic E-state index is 0.120. The van der Waals surface area contributed by atoms with E-state index in [9.17, 15) is 0 Å². The molecule has 0 radical (unpaired) electrons. The maximum atomic E-state index is 3.90. The van der Waals surface area contributed by atoms with Crippen LogP contribution in [0.15, 0.2) is 9.98 Å². The zero-order chi connectivity index (χ0) is 4.41. The van der Waals surface area contributed by atoms with Gasteiger partial charge in [0.25, 0.3) is 0 Å². The molecular weight excluding hydrogens is 96.1 g/mol. The summed E-state index contributed by atoms with van der Waals surface area (Å²) in [5.41, 5.74) is -0.120. The van der Waals surface area contributed by atoms with Crippen LogP contribution in [-0.2, 0) is 0 Å². The van der Waals surface area contributed by atoms with Gasteiger partial charge >= 0.3 is 0 Å². The second-order valence-electron chi connectivity index (χ2n) is 0.943. The van der Waals surface area contributed by atoms with Crippen molar-refractivity contribution in [3.8, 4) is 0 Å². The van der Waals surface area contributed by atoms with E-state index in [1.54, 1.807) is 12.4 Å². The normalized spacial score (nSPS) is 20.2. The zero-order valence-electron chi connectivity index (χ0n) is 3.07. The summed E-state index contributed by atoms with van der Waals surface area (Å²) in [6.45, 7) is 0. The Morgan fingerprint density at radius 2 is 1.83 bits per heavy atom. The van der Waals surface area contributed by atoms with Crippen LogP contribution in [-0.4, -0.2) is 17.9 Å². The molecular formula is C3H4N2S. The van der Waals surface area contributed by atoms with Gasteiger partial charge in [-0.2, -0.15) is 0 Å². The molecule has 1 aliphatic heterocycles. The number of hydrogen-bond donors (Lipinski definition) is 1. The molecule has 0 aromatic rings. The molecule has 3 heteroatoms. The minimum Gasteiger partial charge on any atom is -0.255 e. The predicted molar refractivity (Wildman–Crippen MR) is 29.8 cm³/mol. The standard InChI is InChI=1S/C3H4N2S/c6-3-4-1-2-5-3/h1-3,6H. The van der Waals surface area contributed by atoms with Crippen molar-refractivity contribution < 1.29 is 0 Å². The Hall–Kier alpha value is -0.310. The lowest BCUT2D eigenvalue weighted by Crippen LogP contribution is -1.76. The summed E-state index contributed by atoms with van der Waals surface area (Å²) in [7, 11) is 0. The molecule has 0 saturated carbocycles. The lowest BCUT2D eigenvalue weighted by molar-refractivity contribution is 1.03. The first-order chi connectivity index (χ1) is 2.89. The fraction of sp³-hybridized carbons (Fsp3) is 0.333. The summed E-state index contributed by atoms with van der Waals surface area (Å²) in [5.74, 6) is 0. The van der Waals surface area contributed by atoms with E-state index in [-0.39, 0.29) is 5.50 Å². The van der Waals surface area contributed by atoms with Crippen molar-refractivity contribution in [2.75, 3.05) is 0 Å². The van der Waals surface area contributed by atoms with Gasteiger partial charge in [0.05, 0.1) is 0 Å². The number of hydrogen-bond acceptors (Lipinski definition) is 3. The van der Waals surface area contributed by atoms with Crippen molar-refractivity contribution in [1.82, 2.24) is 0 Å². The Kier molecular flexibility index (Phi) is 0.919. The average Bonchev–Trinajstić information content (AvgIpc) is 1.86. The topological polar surface area (TPSA) is 24.7 Å². The largest absolute Gasteiger partial charge is 0.255 e. The molecule has 0 aromatic carbocycles. The van der Waals surface area contributed by atoms with Crippen LogP contribution in [0.25, 0.3) is 0 Å². The second-order valence-corrected chi connectivity index (χ2v) is 1.40. The summed E-state index contributed by atoms with van der Waals surface area (Å²) >= 11 is 3.90. The van der Waals surface area contributed by atoms with E-state index in [2.05, 4.69) is 22.6 Å². The Morgan fingerprint density at radius 1 is 1.33 bits per heavy atom. The van der Waals surface area contributed by atoms with E-state index in [1.165, 1.54) is 0 Å². The molecule has 0 amide bonds. The average molecular weight is 100 g/mol. The predicted octanol–water partition coefficient (Wildman–Crippen LogP) is 0.355. The van der Waals surface area contributed by atoms with E-state index in [0.29, 0.717) is 0 Å². The van der Waals surface area contributed by atoms with Crippen LogP contribution in [0.4, 0.5) is 0 Å². The van der Waals surface area contributed by atoms with Crippen molar-refractivity contribution >= 4 is 25.1 Å². The molecule has 0 aliphatic carbocycles. The molecule has 1 aliphatic rings. The van der Waals surface area contributed by atoms with Crippen LogP contribution < -0.4 is 0 Å². The third kappa shape index (κ3) is 0.597. The minimum atomic E-state index is -0.120. The van der Waals surface area contributed by atoms with Crippen LogP contribution in [0.3, 0.4) is 0 Å². The van der Waals surface area contributed by atoms with Crippen LogP contribution in [0, 0.1) is 0 Å². The third-order valence-corrected chi connectivity index (χ3v) is 0.772. The van der Waals surface area contributed by atoms with Crippen molar-refractivity contribution in [2.45, 2.75) is 5.50 Å². The second kappa shape index (κ2) is 1.43. The Labute approximate surface area is 41.4 Å². The maximum absolute atomic E-state index is 3.90. The highest BCUT2D eigenvalue weighted by molar-refractivity contribution is 7.80. The third-order valence-electron chi connectivity index (χ3n) is 0.505. The Balaban J connectivity index is 2.60. The smallest absolute Gasteiger partial charge is 0.183 e. The molecule has 0 spiro atoms. The lowest BCUT2D eigenvalue weighted by atomic mass is 10.9. The van der Waals surface area contributed by atoms with Gasteiger partial charge in [0.2, 0.25) is 0 Å². The molecule has 0 bridgehead atoms. The van der Waals surface area contributed by atoms with E-state index in [0.717, 1.165) is 0 Å². The fourth-order valence-corrected chi connectivity index (χ4v) is 0.423. The molecule has 6 heavy (non-hydrogen) atoms. The zero-order valence-corrected chi connectivity index (χ0v) is 3.97. The van der Waals surface area contributed by atoms with E-state index in [4.69, 9.17) is 0 Å². The number of nitrogens with zero attached hydrogens (tertiary/aromatic N) is 2. The maximum Gasteiger partial charge on any atom is 0.183 e. The van der Waals surface area contributed by atoms with E-state index in [1.807, 2.05) is 0 Å². The van der Waals surface area contributed by atoms with Gasteiger partial charge in [0.1, 0.15) is 0 Å². The SMILES string of the molecule is SC1N=CC=N1. The first-order valence-electron chi connectivity index (χ1n) is 1.62. The highest BCUT2D eigenvalue weighted by atomic mass is 32.1. The van der Waals surface area contributed by atoms with E-state index >= 15 is 0 Å². The van der Waals surface area contributed by atoms with Gasteiger partial charge in [-0.1, -0.05) is 0 Å². The number of aliphatic imine (C=N–C) groups is 2. The summed E-state index contributed by atoms with van der Waals surface area (Å²) < 4.78 is 0. The molecule has 0 N–H and O–H groups in total. The van der Waals surface area contributed by atoms with Crippen LogP contribution in [0.2, 0.25) is 0 Å². The first kappa shape index (κ1) is 3.87. The molecule has 1 rings (SSSR count). The summed E-state index contributed by atoms with van der Waals surface area (Å²) in [4.78, 5) is 7.51. The van der Waals surface area contributed by atoms with Gasteiger partial charge in [-0.15, -0.1) is 12.6 Å². The van der Waals surface area contributed by atoms with Crippen molar-refractivity contribution in [3.05, 3.63) is 0 Å². The van der Waals surface area contributed by atoms with Gasteiger partial charge in [0, 0.05) is 12.4 Å². The molecule has 0 saturated heterocycles. The molecule has 0 fully saturated rings. The van der Waals surface area contributed by atoms with Crippen molar-refractivity contribution in [1.29, 1.82) is 0 Å². The Morgan fingerprint density at radius 3 is 2.00 bits per heavy atom. The summed E-state index contributed by atoms with van der Waals surface area (Å²) in [6.07, 6.45) is 3.27. The number of rotatable bonds is 0. The van der Waals surface area contributed by atoms with Gasteiger partial charge in [-0.25, -0.2) is 0 Å². The molecule has 0 atom stereocenters. The molecule has 0 aromatic heterocycles. The van der Waals surface area contributed by atoms with Crippen LogP contribution >= 0.6 is 12.6 Å². The summed E-state index contributed by atoms with van der Waals surface area (Å²) in [5, 5.41) is 0. The van der Waals surface area contributed by atoms with E-state index < -0.39 is 0 Å². The first-order valence-corrected chi connectivity index (χ1v) is 2.14. The summed E-state index contributed by atoms with van der Waals surface area (Å²) in [6, 6.07) is 0. The van der Waals surface area contributed by atoms with Gasteiger partial charge in [-0.3, -0.25) is 9.98 Å². The van der Waals surface area contributed by atoms with Gasteiger partial charge < -0.3 is 0 Å². The Bertz CT molecular complexity index is 85.0. The molecule has 1 heterocycles. The highest BCUT2D eigenvalue weighted by Crippen LogP contribution is 1.98. The molecule has 2 nitrogen and oxygen atoms in total. The van der Waals surface area contributed by atoms with Gasteiger partial charge in [-0.05, 0) is 0 Å². The van der Waals surface area contributed by atoms with Crippen molar-refractivity contribution in [3.63, 3.8) is 0 Å². The molecule has 32 valence electrons. The fourth-order valence-electron chi connectivity index (χ4n) is 0.269. The van der Waals surface area contributed by atoms with Gasteiger partial charge in [0.15, 0.2) is 5.50 Å². The quantitative estimate of drug-likeness (QED) is 0.425. The monoisotopic (exact) mass is 100 g/mol. The molecule has 0 unspecified atom stereocenters. The van der Waals surface area contributed by atoms with Crippen molar-refractivity contribution in [2.24, 2.45) is 9.98 Å². The van der Waals surface area contributed by atoms with Crippen LogP contribution in [0.5, 0.6) is 0 Å². The van der Waals surface area contributed by atoms with Crippen LogP contribution in [0.1, 0.15) is 0 Å². The highest BCUT2D eigenvalue weighted by Gasteiger charge is 1.92.